The van der Waals surface area contributed by atoms with Crippen LogP contribution in [0.5, 0.6) is 0 Å². The average Bonchev–Trinajstić information content (AvgIpc) is 3.31. The maximum Gasteiger partial charge on any atom is 0.269 e. The molecule has 1 amide bonds. The first-order valence-electron chi connectivity index (χ1n) is 8.22. The van der Waals surface area contributed by atoms with Gasteiger partial charge in [0.1, 0.15) is 9.88 Å². The number of fused-ring (bicyclic) bond motifs is 1. The van der Waals surface area contributed by atoms with Gasteiger partial charge >= 0.3 is 0 Å². The van der Waals surface area contributed by atoms with Crippen LogP contribution in [0.1, 0.15) is 30.4 Å². The highest BCUT2D eigenvalue weighted by Gasteiger charge is 2.23. The Balaban J connectivity index is 1.68. The van der Waals surface area contributed by atoms with E-state index in [-0.39, 0.29) is 11.4 Å². The fourth-order valence-electron chi connectivity index (χ4n) is 2.85. The van der Waals surface area contributed by atoms with Crippen molar-refractivity contribution in [3.05, 3.63) is 52.9 Å². The molecular weight excluding hydrogens is 364 g/mol. The van der Waals surface area contributed by atoms with Crippen LogP contribution in [-0.2, 0) is 5.54 Å². The van der Waals surface area contributed by atoms with Crippen LogP contribution in [-0.4, -0.2) is 20.4 Å². The van der Waals surface area contributed by atoms with Gasteiger partial charge in [-0.25, -0.2) is 9.97 Å². The molecule has 132 valence electrons. The topological polar surface area (TPSA) is 59.8 Å². The lowest BCUT2D eigenvalue weighted by Crippen LogP contribution is -2.25. The van der Waals surface area contributed by atoms with Crippen LogP contribution in [0.15, 0.2) is 48.0 Å². The highest BCUT2D eigenvalue weighted by atomic mass is 32.1. The number of imidazole rings is 1. The number of hydrogen-bond acceptors (Lipinski definition) is 5. The summed E-state index contributed by atoms with van der Waals surface area (Å²) in [6.45, 7) is 6.29. The predicted molar refractivity (Wildman–Crippen MR) is 108 cm³/mol. The zero-order valence-electron chi connectivity index (χ0n) is 14.7. The number of benzene rings is 1. The second-order valence-electron chi connectivity index (χ2n) is 6.89. The molecule has 1 N–H and O–H groups in total. The third-order valence-electron chi connectivity index (χ3n) is 3.92. The molecule has 5 nitrogen and oxygen atoms in total. The van der Waals surface area contributed by atoms with E-state index in [0.29, 0.717) is 10.8 Å². The summed E-state index contributed by atoms with van der Waals surface area (Å²) in [5.41, 5.74) is 1.65. The highest BCUT2D eigenvalue weighted by Crippen LogP contribution is 2.31. The fourth-order valence-corrected chi connectivity index (χ4v) is 4.46. The Morgan fingerprint density at radius 2 is 1.96 bits per heavy atom. The second-order valence-corrected chi connectivity index (χ2v) is 8.87. The van der Waals surface area contributed by atoms with Crippen molar-refractivity contribution in [1.82, 2.24) is 14.5 Å². The van der Waals surface area contributed by atoms with Crippen molar-refractivity contribution >= 4 is 45.6 Å². The molecule has 0 bridgehead atoms. The van der Waals surface area contributed by atoms with Crippen LogP contribution in [0.3, 0.4) is 0 Å². The monoisotopic (exact) mass is 382 g/mol. The smallest absolute Gasteiger partial charge is 0.269 e. The molecule has 7 heteroatoms. The number of amides is 1. The third kappa shape index (κ3) is 3.04. The van der Waals surface area contributed by atoms with Gasteiger partial charge < -0.3 is 4.57 Å². The number of nitrogens with one attached hydrogen (secondary N) is 1. The summed E-state index contributed by atoms with van der Waals surface area (Å²) < 4.78 is 2.06. The number of nitrogens with zero attached hydrogens (tertiary/aromatic N) is 3. The zero-order valence-corrected chi connectivity index (χ0v) is 16.3. The Morgan fingerprint density at radius 3 is 2.69 bits per heavy atom. The zero-order chi connectivity index (χ0) is 18.3. The van der Waals surface area contributed by atoms with Gasteiger partial charge in [-0.1, -0.05) is 18.2 Å². The van der Waals surface area contributed by atoms with Crippen molar-refractivity contribution in [1.29, 1.82) is 0 Å². The van der Waals surface area contributed by atoms with Gasteiger partial charge in [0.25, 0.3) is 5.91 Å². The Morgan fingerprint density at radius 1 is 1.15 bits per heavy atom. The van der Waals surface area contributed by atoms with E-state index >= 15 is 0 Å². The highest BCUT2D eigenvalue weighted by molar-refractivity contribution is 7.22. The summed E-state index contributed by atoms with van der Waals surface area (Å²) in [5.74, 6) is 0.362. The van der Waals surface area contributed by atoms with Crippen LogP contribution in [0.4, 0.5) is 5.95 Å². The first-order valence-corrected chi connectivity index (χ1v) is 9.92. The van der Waals surface area contributed by atoms with E-state index in [1.54, 1.807) is 17.5 Å². The van der Waals surface area contributed by atoms with Crippen LogP contribution < -0.4 is 5.32 Å². The van der Waals surface area contributed by atoms with Gasteiger partial charge in [0.15, 0.2) is 0 Å². The summed E-state index contributed by atoms with van der Waals surface area (Å²) in [5, 5.41) is 5.83. The van der Waals surface area contributed by atoms with Crippen LogP contribution in [0.2, 0.25) is 0 Å². The molecule has 0 radical (unpaired) electrons. The lowest BCUT2D eigenvalue weighted by Gasteiger charge is -2.24. The predicted octanol–water partition coefficient (Wildman–Crippen LogP) is 5.23. The number of rotatable bonds is 3. The number of para-hydroxylation sites is 2. The van der Waals surface area contributed by atoms with Gasteiger partial charge in [0, 0.05) is 5.54 Å². The molecule has 26 heavy (non-hydrogen) atoms. The summed E-state index contributed by atoms with van der Waals surface area (Å²) >= 11 is 3.00. The largest absolute Gasteiger partial charge is 0.305 e. The first-order chi connectivity index (χ1) is 12.4. The van der Waals surface area contributed by atoms with E-state index in [1.165, 1.54) is 11.3 Å². The van der Waals surface area contributed by atoms with E-state index in [9.17, 15) is 4.79 Å². The Hall–Kier alpha value is -2.51. The van der Waals surface area contributed by atoms with E-state index in [0.717, 1.165) is 20.9 Å². The average molecular weight is 383 g/mol. The van der Waals surface area contributed by atoms with E-state index in [2.05, 4.69) is 40.6 Å². The normalized spacial score (nSPS) is 11.8. The molecule has 1 aromatic carbocycles. The molecule has 0 aliphatic carbocycles. The lowest BCUT2D eigenvalue weighted by atomic mass is 10.1. The van der Waals surface area contributed by atoms with Crippen molar-refractivity contribution in [2.24, 2.45) is 0 Å². The quantitative estimate of drug-likeness (QED) is 0.528. The van der Waals surface area contributed by atoms with Crippen molar-refractivity contribution in [2.45, 2.75) is 26.3 Å². The third-order valence-corrected chi connectivity index (χ3v) is 5.95. The molecular formula is C19H18N4OS2. The molecule has 0 unspecified atom stereocenters. The minimum absolute atomic E-state index is 0.189. The van der Waals surface area contributed by atoms with Crippen molar-refractivity contribution < 1.29 is 4.79 Å². The van der Waals surface area contributed by atoms with Gasteiger partial charge in [-0.05, 0) is 44.4 Å². The van der Waals surface area contributed by atoms with Crippen LogP contribution in [0.25, 0.3) is 20.9 Å². The van der Waals surface area contributed by atoms with Crippen molar-refractivity contribution in [2.75, 3.05) is 5.32 Å². The molecule has 0 aliphatic heterocycles. The van der Waals surface area contributed by atoms with Crippen LogP contribution in [0, 0.1) is 0 Å². The number of carbonyl (C=O) groups is 1. The fraction of sp³-hybridized carbons (Fsp3) is 0.211. The maximum absolute atomic E-state index is 12.8. The number of hydrogen-bond donors (Lipinski definition) is 1. The molecule has 0 saturated heterocycles. The van der Waals surface area contributed by atoms with Crippen molar-refractivity contribution in [3.8, 4) is 9.88 Å². The number of aromatic nitrogens is 3. The summed E-state index contributed by atoms with van der Waals surface area (Å²) in [4.78, 5) is 23.4. The second kappa shape index (κ2) is 6.34. The molecule has 0 saturated carbocycles. The molecule has 0 spiro atoms. The molecule has 0 atom stereocenters. The minimum Gasteiger partial charge on any atom is -0.305 e. The van der Waals surface area contributed by atoms with Gasteiger partial charge in [-0.15, -0.1) is 22.7 Å². The number of anilines is 1. The van der Waals surface area contributed by atoms with Crippen LogP contribution >= 0.6 is 22.7 Å². The number of carbonyl (C=O) groups excluding carboxylic acids is 1. The van der Waals surface area contributed by atoms with Gasteiger partial charge in [0.2, 0.25) is 5.95 Å². The van der Waals surface area contributed by atoms with E-state index < -0.39 is 0 Å². The van der Waals surface area contributed by atoms with Gasteiger partial charge in [0.05, 0.1) is 22.1 Å². The van der Waals surface area contributed by atoms with Gasteiger partial charge in [-0.3, -0.25) is 10.1 Å². The molecule has 0 aliphatic rings. The lowest BCUT2D eigenvalue weighted by molar-refractivity contribution is 0.102. The molecule has 3 aromatic heterocycles. The van der Waals surface area contributed by atoms with E-state index in [4.69, 9.17) is 0 Å². The maximum atomic E-state index is 12.8. The van der Waals surface area contributed by atoms with E-state index in [1.807, 2.05) is 41.8 Å². The number of thiazole rings is 1. The Labute approximate surface area is 159 Å². The molecule has 0 fully saturated rings. The minimum atomic E-state index is -0.214. The summed E-state index contributed by atoms with van der Waals surface area (Å²) in [6.07, 6.45) is 1.62. The summed E-state index contributed by atoms with van der Waals surface area (Å²) in [6, 6.07) is 11.9. The Kier molecular flexibility index (Phi) is 4.13. The standard InChI is InChI=1S/C19H18N4OS2/c1-19(2,3)23-13-8-5-4-7-12(13)21-18(23)22-16(24)15-11-20-17(26-15)14-9-6-10-25-14/h4-11H,1-3H3,(H,21,22,24). The molecule has 4 rings (SSSR count). The SMILES string of the molecule is CC(C)(C)n1c(NC(=O)c2cnc(-c3cccs3)s2)nc2ccccc21. The summed E-state index contributed by atoms with van der Waals surface area (Å²) in [7, 11) is 0. The first kappa shape index (κ1) is 16.9. The Bertz CT molecular complexity index is 1070. The van der Waals surface area contributed by atoms with Crippen molar-refractivity contribution in [3.63, 3.8) is 0 Å². The molecule has 4 aromatic rings. The molecule has 3 heterocycles. The van der Waals surface area contributed by atoms with Gasteiger partial charge in [-0.2, -0.15) is 0 Å². The number of thiophene rings is 1.